The summed E-state index contributed by atoms with van der Waals surface area (Å²) in [6, 6.07) is 0. The average Bonchev–Trinajstić information content (AvgIpc) is 1.48. The van der Waals surface area contributed by atoms with Crippen molar-refractivity contribution in [2.75, 3.05) is 0 Å². The van der Waals surface area contributed by atoms with E-state index < -0.39 is 22.4 Å². The third kappa shape index (κ3) is 7.24. The molecule has 0 aromatic heterocycles. The Morgan fingerprint density at radius 2 is 1.42 bits per heavy atom. The van der Waals surface area contributed by atoms with Crippen LogP contribution in [-0.4, -0.2) is 30.6 Å². The maximum atomic E-state index is 8.83. The van der Waals surface area contributed by atoms with Gasteiger partial charge >= 0.3 is 69.6 Å². The molecule has 0 atom stereocenters. The number of hydrogen-bond acceptors (Lipinski definition) is 7. The summed E-state index contributed by atoms with van der Waals surface area (Å²) >= 11 is 0. The molecule has 0 saturated carbocycles. The van der Waals surface area contributed by atoms with Crippen molar-refractivity contribution < 1.29 is 33.3 Å². The first kappa shape index (κ1) is 12.6. The molecule has 5 N–H and O–H groups in total. The van der Waals surface area contributed by atoms with Gasteiger partial charge in [0, 0.05) is 0 Å². The molecule has 0 aliphatic heterocycles. The van der Waals surface area contributed by atoms with Crippen molar-refractivity contribution in [1.82, 2.24) is 0 Å². The predicted molar refractivity (Wildman–Crippen MR) is 45.0 cm³/mol. The van der Waals surface area contributed by atoms with Crippen LogP contribution >= 0.6 is 16.3 Å². The van der Waals surface area contributed by atoms with Crippen LogP contribution in [0.3, 0.4) is 0 Å². The minimum absolute atomic E-state index is 0.553. The Balaban J connectivity index is 4.04. The number of hydrogen-bond donors (Lipinski definition) is 5. The second kappa shape index (κ2) is 4.19. The van der Waals surface area contributed by atoms with Crippen LogP contribution in [0.15, 0.2) is 0 Å². The predicted octanol–water partition coefficient (Wildman–Crippen LogP) is -0.791. The van der Waals surface area contributed by atoms with Gasteiger partial charge in [-0.25, -0.2) is 0 Å². The summed E-state index contributed by atoms with van der Waals surface area (Å²) in [6.07, 6.45) is -0.553. The fourth-order valence-electron chi connectivity index (χ4n) is 0.509. The van der Waals surface area contributed by atoms with Gasteiger partial charge in [0.2, 0.25) is 0 Å². The fourth-order valence-corrected chi connectivity index (χ4v) is 2.74. The first-order valence-electron chi connectivity index (χ1n) is 3.12. The molecule has 0 saturated heterocycles. The monoisotopic (exact) mass is 224 g/mol. The average molecular weight is 224 g/mol. The van der Waals surface area contributed by atoms with Gasteiger partial charge in [0.15, 0.2) is 0 Å². The molecule has 0 aliphatic carbocycles. The van der Waals surface area contributed by atoms with Gasteiger partial charge in [-0.1, -0.05) is 0 Å². The van der Waals surface area contributed by atoms with Crippen molar-refractivity contribution >= 4 is 16.3 Å². The van der Waals surface area contributed by atoms with Crippen molar-refractivity contribution in [1.29, 1.82) is 0 Å². The second-order valence-electron chi connectivity index (χ2n) is 2.39. The molecule has 0 spiro atoms. The Labute approximate surface area is 70.5 Å². The van der Waals surface area contributed by atoms with E-state index in [0.29, 0.717) is 0 Å². The van der Waals surface area contributed by atoms with Gasteiger partial charge in [-0.15, -0.1) is 0 Å². The molecule has 0 aromatic rings. The van der Waals surface area contributed by atoms with Crippen molar-refractivity contribution in [2.45, 2.75) is 20.0 Å². The van der Waals surface area contributed by atoms with E-state index in [1.807, 2.05) is 0 Å². The molecule has 9 heteroatoms. The normalized spacial score (nSPS) is 16.7. The summed E-state index contributed by atoms with van der Waals surface area (Å²) < 4.78 is 8.17. The van der Waals surface area contributed by atoms with Crippen LogP contribution in [0.1, 0.15) is 13.8 Å². The fraction of sp³-hybridized carbons (Fsp3) is 1.00. The summed E-state index contributed by atoms with van der Waals surface area (Å²) in [5.41, 5.74) is 0. The van der Waals surface area contributed by atoms with Gasteiger partial charge in [0.25, 0.3) is 0 Å². The SMILES string of the molecule is CC(C)O[PH](O)(O)O[PH](O)(O)O. The van der Waals surface area contributed by atoms with Gasteiger partial charge in [-0.2, -0.15) is 0 Å². The Bertz CT molecular complexity index is 140. The van der Waals surface area contributed by atoms with E-state index in [2.05, 4.69) is 8.83 Å². The molecule has 7 nitrogen and oxygen atoms in total. The summed E-state index contributed by atoms with van der Waals surface area (Å²) in [5, 5.41) is 0. The van der Waals surface area contributed by atoms with E-state index >= 15 is 0 Å². The Kier molecular flexibility index (Phi) is 4.40. The summed E-state index contributed by atoms with van der Waals surface area (Å²) in [4.78, 5) is 42.6. The first-order valence-corrected chi connectivity index (χ1v) is 6.58. The second-order valence-corrected chi connectivity index (χ2v) is 5.69. The molecule has 0 aromatic carbocycles. The van der Waals surface area contributed by atoms with E-state index in [9.17, 15) is 0 Å². The third-order valence-electron chi connectivity index (χ3n) is 0.659. The standard InChI is InChI=1S/C3H14O7P2/c1-3(2)9-12(7,8)10-11(4,5)6/h3-8,11-12H,1-2H3. The maximum absolute atomic E-state index is 8.83. The molecular formula is C3H14O7P2. The summed E-state index contributed by atoms with van der Waals surface area (Å²) in [6.45, 7) is 2.99. The van der Waals surface area contributed by atoms with Crippen LogP contribution in [0.2, 0.25) is 0 Å². The molecule has 0 rings (SSSR count). The molecule has 0 fully saturated rings. The molecule has 0 unspecified atom stereocenters. The molecule has 0 heterocycles. The number of rotatable bonds is 4. The zero-order valence-electron chi connectivity index (χ0n) is 6.63. The van der Waals surface area contributed by atoms with Gasteiger partial charge in [0.05, 0.1) is 0 Å². The van der Waals surface area contributed by atoms with E-state index in [4.69, 9.17) is 24.5 Å². The van der Waals surface area contributed by atoms with E-state index in [-0.39, 0.29) is 0 Å². The van der Waals surface area contributed by atoms with Crippen LogP contribution < -0.4 is 0 Å². The van der Waals surface area contributed by atoms with Crippen LogP contribution in [0.4, 0.5) is 0 Å². The van der Waals surface area contributed by atoms with Gasteiger partial charge < -0.3 is 0 Å². The first-order chi connectivity index (χ1) is 5.12. The van der Waals surface area contributed by atoms with E-state index in [0.717, 1.165) is 0 Å². The minimum atomic E-state index is -4.92. The zero-order valence-corrected chi connectivity index (χ0v) is 8.63. The molecule has 78 valence electrons. The van der Waals surface area contributed by atoms with Gasteiger partial charge in [-0.05, 0) is 0 Å². The van der Waals surface area contributed by atoms with Gasteiger partial charge in [0.1, 0.15) is 0 Å². The molecule has 0 radical (unpaired) electrons. The Morgan fingerprint density at radius 1 is 1.00 bits per heavy atom. The van der Waals surface area contributed by atoms with Crippen LogP contribution in [0, 0.1) is 0 Å². The van der Waals surface area contributed by atoms with Crippen molar-refractivity contribution in [2.24, 2.45) is 0 Å². The van der Waals surface area contributed by atoms with E-state index in [1.54, 1.807) is 0 Å². The zero-order chi connectivity index (χ0) is 9.99. The van der Waals surface area contributed by atoms with Crippen LogP contribution in [0.5, 0.6) is 0 Å². The molecular weight excluding hydrogens is 210 g/mol. The van der Waals surface area contributed by atoms with Crippen LogP contribution in [-0.2, 0) is 8.83 Å². The quantitative estimate of drug-likeness (QED) is 0.397. The molecule has 0 amide bonds. The van der Waals surface area contributed by atoms with Crippen molar-refractivity contribution in [3.05, 3.63) is 0 Å². The van der Waals surface area contributed by atoms with Crippen molar-refractivity contribution in [3.63, 3.8) is 0 Å². The summed E-state index contributed by atoms with van der Waals surface area (Å²) in [7, 11) is -9.51. The molecule has 0 bridgehead atoms. The molecule has 12 heavy (non-hydrogen) atoms. The third-order valence-corrected chi connectivity index (χ3v) is 3.60. The topological polar surface area (TPSA) is 120 Å². The molecule has 0 aliphatic rings. The van der Waals surface area contributed by atoms with Gasteiger partial charge in [-0.3, -0.25) is 0 Å². The Hall–Kier alpha value is 0.580. The van der Waals surface area contributed by atoms with Crippen LogP contribution in [0.25, 0.3) is 0 Å². The van der Waals surface area contributed by atoms with E-state index in [1.165, 1.54) is 13.8 Å². The Morgan fingerprint density at radius 3 is 1.67 bits per heavy atom. The van der Waals surface area contributed by atoms with Crippen molar-refractivity contribution in [3.8, 4) is 0 Å². The summed E-state index contributed by atoms with van der Waals surface area (Å²) in [5.74, 6) is 0.